The first-order valence-electron chi connectivity index (χ1n) is 13.0. The van der Waals surface area contributed by atoms with E-state index in [-0.39, 0.29) is 30.6 Å². The Balaban J connectivity index is 2.10. The fourth-order valence-electron chi connectivity index (χ4n) is 4.23. The number of hydrogen-bond donors (Lipinski definition) is 1. The summed E-state index contributed by atoms with van der Waals surface area (Å²) in [5, 5.41) is 2.92. The molecule has 10 heteroatoms. The summed E-state index contributed by atoms with van der Waals surface area (Å²) in [6.45, 7) is 5.10. The molecule has 0 spiro atoms. The average molecular weight is 569 g/mol. The fourth-order valence-corrected chi connectivity index (χ4v) is 5.29. The molecule has 0 saturated heterocycles. The predicted molar refractivity (Wildman–Crippen MR) is 155 cm³/mol. The molecule has 0 heterocycles. The Morgan fingerprint density at radius 3 is 2.08 bits per heavy atom. The van der Waals surface area contributed by atoms with Gasteiger partial charge in [-0.15, -0.1) is 0 Å². The van der Waals surface area contributed by atoms with Crippen LogP contribution in [-0.4, -0.2) is 62.2 Å². The van der Waals surface area contributed by atoms with Crippen LogP contribution in [0.2, 0.25) is 0 Å². The van der Waals surface area contributed by atoms with Gasteiger partial charge >= 0.3 is 10.2 Å². The molecule has 1 unspecified atom stereocenters. The Hall–Kier alpha value is -3.76. The van der Waals surface area contributed by atoms with Crippen molar-refractivity contribution < 1.29 is 22.4 Å². The first-order chi connectivity index (χ1) is 18.9. The van der Waals surface area contributed by atoms with Crippen molar-refractivity contribution in [2.75, 3.05) is 24.9 Å². The molecule has 0 saturated carbocycles. The number of halogens is 1. The summed E-state index contributed by atoms with van der Waals surface area (Å²) < 4.78 is 42.3. The highest BCUT2D eigenvalue weighted by molar-refractivity contribution is 7.90. The van der Waals surface area contributed by atoms with Crippen molar-refractivity contribution in [1.82, 2.24) is 14.5 Å². The highest BCUT2D eigenvalue weighted by Gasteiger charge is 2.35. The van der Waals surface area contributed by atoms with Crippen LogP contribution in [0, 0.1) is 12.7 Å². The average Bonchev–Trinajstić information content (AvgIpc) is 2.90. The molecule has 0 fully saturated rings. The number of benzene rings is 3. The molecule has 3 rings (SSSR count). The largest absolute Gasteiger partial charge is 0.352 e. The van der Waals surface area contributed by atoms with Gasteiger partial charge in [-0.1, -0.05) is 54.6 Å². The van der Waals surface area contributed by atoms with Gasteiger partial charge in [0.15, 0.2) is 0 Å². The molecule has 3 aromatic carbocycles. The lowest BCUT2D eigenvalue weighted by Gasteiger charge is -2.35. The molecule has 0 aromatic heterocycles. The topological polar surface area (TPSA) is 90.0 Å². The molecule has 0 radical (unpaired) electrons. The Labute approximate surface area is 236 Å². The zero-order valence-electron chi connectivity index (χ0n) is 23.5. The molecule has 0 aliphatic rings. The molecule has 0 aliphatic heterocycles. The molecule has 0 aliphatic carbocycles. The minimum absolute atomic E-state index is 0.0911. The summed E-state index contributed by atoms with van der Waals surface area (Å²) in [5.41, 5.74) is 2.74. The van der Waals surface area contributed by atoms with Crippen molar-refractivity contribution in [3.05, 3.63) is 101 Å². The van der Waals surface area contributed by atoms with Gasteiger partial charge in [0.2, 0.25) is 11.8 Å². The van der Waals surface area contributed by atoms with Crippen LogP contribution in [0.25, 0.3) is 0 Å². The second-order valence-corrected chi connectivity index (χ2v) is 12.2. The Bertz CT molecular complexity index is 1400. The third-order valence-electron chi connectivity index (χ3n) is 6.44. The van der Waals surface area contributed by atoms with Crippen molar-refractivity contribution in [1.29, 1.82) is 0 Å². The van der Waals surface area contributed by atoms with Crippen molar-refractivity contribution in [3.63, 3.8) is 0 Å². The van der Waals surface area contributed by atoms with E-state index in [1.54, 1.807) is 0 Å². The first kappa shape index (κ1) is 30.8. The fraction of sp³-hybridized carbons (Fsp3) is 0.333. The van der Waals surface area contributed by atoms with Crippen LogP contribution in [0.15, 0.2) is 78.9 Å². The maximum absolute atomic E-state index is 14.1. The number of nitrogens with one attached hydrogen (secondary N) is 1. The molecule has 0 bridgehead atoms. The molecule has 2 amide bonds. The molecule has 1 N–H and O–H groups in total. The minimum Gasteiger partial charge on any atom is -0.352 e. The van der Waals surface area contributed by atoms with Crippen molar-refractivity contribution in [3.8, 4) is 0 Å². The maximum Gasteiger partial charge on any atom is 0.304 e. The Morgan fingerprint density at radius 1 is 0.900 bits per heavy atom. The predicted octanol–water partition coefficient (Wildman–Crippen LogP) is 3.91. The van der Waals surface area contributed by atoms with Crippen LogP contribution >= 0.6 is 0 Å². The highest BCUT2D eigenvalue weighted by Crippen LogP contribution is 2.23. The van der Waals surface area contributed by atoms with E-state index in [9.17, 15) is 22.4 Å². The SMILES string of the molecule is Cc1ccccc1CN(C(=O)CN(c1ccc(F)cc1)S(=O)(=O)N(C)C)C(Cc1ccccc1)C(=O)NC(C)C. The molecular formula is C30H37FN4O4S. The molecule has 8 nitrogen and oxygen atoms in total. The van der Waals surface area contributed by atoms with Crippen LogP contribution < -0.4 is 9.62 Å². The number of carbonyl (C=O) groups excluding carboxylic acids is 2. The van der Waals surface area contributed by atoms with E-state index in [2.05, 4.69) is 5.32 Å². The zero-order chi connectivity index (χ0) is 29.4. The number of hydrogen-bond acceptors (Lipinski definition) is 4. The second kappa shape index (κ2) is 13.5. The normalized spacial score (nSPS) is 12.3. The standard InChI is InChI=1S/C30H37FN4O4S/c1-22(2)32-30(37)28(19-24-12-7-6-8-13-24)34(20-25-14-10-9-11-23(25)3)29(36)21-35(40(38,39)33(4)5)27-17-15-26(31)16-18-27/h6-18,22,28H,19-21H2,1-5H3,(H,32,37). The number of amides is 2. The third-order valence-corrected chi connectivity index (χ3v) is 8.26. The van der Waals surface area contributed by atoms with E-state index in [1.165, 1.54) is 31.1 Å². The van der Waals surface area contributed by atoms with Crippen LogP contribution in [0.4, 0.5) is 10.1 Å². The van der Waals surface area contributed by atoms with Gasteiger partial charge in [-0.25, -0.2) is 8.70 Å². The molecular weight excluding hydrogens is 531 g/mol. The summed E-state index contributed by atoms with van der Waals surface area (Å²) in [4.78, 5) is 29.2. The van der Waals surface area contributed by atoms with Gasteiger partial charge < -0.3 is 10.2 Å². The number of anilines is 1. The summed E-state index contributed by atoms with van der Waals surface area (Å²) in [5.74, 6) is -1.45. The second-order valence-electron chi connectivity index (χ2n) is 10.1. The first-order valence-corrected chi connectivity index (χ1v) is 14.4. The van der Waals surface area contributed by atoms with E-state index in [0.717, 1.165) is 37.4 Å². The molecule has 3 aromatic rings. The van der Waals surface area contributed by atoms with Gasteiger partial charge in [-0.2, -0.15) is 12.7 Å². The van der Waals surface area contributed by atoms with E-state index in [0.29, 0.717) is 0 Å². The molecule has 1 atom stereocenters. The van der Waals surface area contributed by atoms with E-state index in [1.807, 2.05) is 75.4 Å². The zero-order valence-corrected chi connectivity index (χ0v) is 24.4. The van der Waals surface area contributed by atoms with Crippen LogP contribution in [0.5, 0.6) is 0 Å². The number of nitrogens with zero attached hydrogens (tertiary/aromatic N) is 3. The molecule has 40 heavy (non-hydrogen) atoms. The number of rotatable bonds is 12. The quantitative estimate of drug-likeness (QED) is 0.359. The van der Waals surface area contributed by atoms with Crippen LogP contribution in [0.1, 0.15) is 30.5 Å². The van der Waals surface area contributed by atoms with E-state index in [4.69, 9.17) is 0 Å². The summed E-state index contributed by atoms with van der Waals surface area (Å²) in [7, 11) is -1.43. The van der Waals surface area contributed by atoms with Crippen molar-refractivity contribution in [2.45, 2.75) is 45.8 Å². The smallest absolute Gasteiger partial charge is 0.304 e. The van der Waals surface area contributed by atoms with Crippen molar-refractivity contribution >= 4 is 27.7 Å². The van der Waals surface area contributed by atoms with E-state index < -0.39 is 34.5 Å². The van der Waals surface area contributed by atoms with Gasteiger partial charge in [0.1, 0.15) is 18.4 Å². The van der Waals surface area contributed by atoms with Gasteiger partial charge in [0.25, 0.3) is 0 Å². The van der Waals surface area contributed by atoms with Gasteiger partial charge in [-0.05, 0) is 61.7 Å². The van der Waals surface area contributed by atoms with Gasteiger partial charge in [-0.3, -0.25) is 9.59 Å². The van der Waals surface area contributed by atoms with Crippen LogP contribution in [-0.2, 0) is 32.8 Å². The summed E-state index contributed by atoms with van der Waals surface area (Å²) in [6.07, 6.45) is 0.230. The Morgan fingerprint density at radius 2 is 1.50 bits per heavy atom. The summed E-state index contributed by atoms with van der Waals surface area (Å²) >= 11 is 0. The Kier molecular flexibility index (Phi) is 10.4. The van der Waals surface area contributed by atoms with Gasteiger partial charge in [0, 0.05) is 33.1 Å². The highest BCUT2D eigenvalue weighted by atomic mass is 32.2. The minimum atomic E-state index is -4.14. The lowest BCUT2D eigenvalue weighted by molar-refractivity contribution is -0.140. The van der Waals surface area contributed by atoms with Gasteiger partial charge in [0.05, 0.1) is 5.69 Å². The van der Waals surface area contributed by atoms with Crippen LogP contribution in [0.3, 0.4) is 0 Å². The summed E-state index contributed by atoms with van der Waals surface area (Å²) in [6, 6.07) is 20.7. The monoisotopic (exact) mass is 568 g/mol. The number of aryl methyl sites for hydroxylation is 1. The lowest BCUT2D eigenvalue weighted by Crippen LogP contribution is -2.55. The lowest BCUT2D eigenvalue weighted by atomic mass is 10.0. The maximum atomic E-state index is 14.1. The third kappa shape index (κ3) is 7.89. The molecule has 214 valence electrons. The number of carbonyl (C=O) groups is 2. The van der Waals surface area contributed by atoms with E-state index >= 15 is 0 Å². The van der Waals surface area contributed by atoms with Crippen molar-refractivity contribution in [2.24, 2.45) is 0 Å².